The first-order valence-electron chi connectivity index (χ1n) is 10.6. The van der Waals surface area contributed by atoms with Gasteiger partial charge in [0.1, 0.15) is 0 Å². The molecule has 0 atom stereocenters. The van der Waals surface area contributed by atoms with Crippen molar-refractivity contribution in [3.05, 3.63) is 114 Å². The van der Waals surface area contributed by atoms with Crippen LogP contribution in [0.3, 0.4) is 0 Å². The molecule has 0 fully saturated rings. The number of para-hydroxylation sites is 1. The summed E-state index contributed by atoms with van der Waals surface area (Å²) in [5, 5.41) is 11.3. The Morgan fingerprint density at radius 3 is 2.12 bits per heavy atom. The lowest BCUT2D eigenvalue weighted by molar-refractivity contribution is 0.102. The van der Waals surface area contributed by atoms with Crippen molar-refractivity contribution in [2.75, 3.05) is 5.32 Å². The van der Waals surface area contributed by atoms with Crippen molar-refractivity contribution < 1.29 is 9.21 Å². The minimum Gasteiger partial charge on any atom is -0.416 e. The summed E-state index contributed by atoms with van der Waals surface area (Å²) < 4.78 is 5.85. The predicted octanol–water partition coefficient (Wildman–Crippen LogP) is 6.63. The molecule has 160 valence electrons. The quantitative estimate of drug-likeness (QED) is 0.339. The minimum atomic E-state index is -0.184. The second kappa shape index (κ2) is 8.93. The van der Waals surface area contributed by atoms with Crippen LogP contribution in [0.15, 0.2) is 108 Å². The number of carbonyl (C=O) groups is 1. The number of aryl methyl sites for hydroxylation is 1. The number of nitrogens with zero attached hydrogens (tertiary/aromatic N) is 2. The van der Waals surface area contributed by atoms with Gasteiger partial charge < -0.3 is 9.73 Å². The number of rotatable bonds is 5. The molecule has 5 aromatic rings. The van der Waals surface area contributed by atoms with E-state index in [0.29, 0.717) is 17.3 Å². The summed E-state index contributed by atoms with van der Waals surface area (Å²) in [4.78, 5) is 12.9. The molecule has 0 bridgehead atoms. The average Bonchev–Trinajstić information content (AvgIpc) is 3.36. The van der Waals surface area contributed by atoms with Gasteiger partial charge in [0, 0.05) is 27.9 Å². The van der Waals surface area contributed by atoms with Crippen molar-refractivity contribution in [2.24, 2.45) is 0 Å². The zero-order valence-corrected chi connectivity index (χ0v) is 18.0. The number of hydrogen-bond acceptors (Lipinski definition) is 4. The van der Waals surface area contributed by atoms with Gasteiger partial charge in [-0.05, 0) is 55.0 Å². The van der Waals surface area contributed by atoms with Crippen molar-refractivity contribution in [3.63, 3.8) is 0 Å². The Balaban J connectivity index is 1.34. The first kappa shape index (κ1) is 20.4. The van der Waals surface area contributed by atoms with Crippen molar-refractivity contribution in [1.82, 2.24) is 10.2 Å². The van der Waals surface area contributed by atoms with Gasteiger partial charge in [-0.15, -0.1) is 10.2 Å². The van der Waals surface area contributed by atoms with Gasteiger partial charge >= 0.3 is 0 Å². The topological polar surface area (TPSA) is 68.0 Å². The normalized spacial score (nSPS) is 10.7. The third-order valence-corrected chi connectivity index (χ3v) is 5.34. The molecule has 5 heteroatoms. The average molecular weight is 431 g/mol. The van der Waals surface area contributed by atoms with E-state index in [9.17, 15) is 4.79 Å². The highest BCUT2D eigenvalue weighted by molar-refractivity contribution is 6.06. The Bertz CT molecular complexity index is 1410. The molecular weight excluding hydrogens is 410 g/mol. The molecule has 1 aromatic heterocycles. The third kappa shape index (κ3) is 4.43. The van der Waals surface area contributed by atoms with E-state index in [4.69, 9.17) is 4.42 Å². The maximum atomic E-state index is 12.9. The fourth-order valence-corrected chi connectivity index (χ4v) is 3.65. The van der Waals surface area contributed by atoms with Gasteiger partial charge in [0.25, 0.3) is 5.91 Å². The second-order valence-electron chi connectivity index (χ2n) is 7.72. The Morgan fingerprint density at radius 1 is 0.697 bits per heavy atom. The summed E-state index contributed by atoms with van der Waals surface area (Å²) in [5.74, 6) is 0.692. The van der Waals surface area contributed by atoms with Crippen molar-refractivity contribution in [3.8, 4) is 34.0 Å². The van der Waals surface area contributed by atoms with Gasteiger partial charge in [0.15, 0.2) is 0 Å². The third-order valence-electron chi connectivity index (χ3n) is 5.34. The maximum Gasteiger partial charge on any atom is 0.255 e. The van der Waals surface area contributed by atoms with Crippen LogP contribution < -0.4 is 5.32 Å². The van der Waals surface area contributed by atoms with E-state index < -0.39 is 0 Å². The molecule has 4 aromatic carbocycles. The van der Waals surface area contributed by atoms with Crippen LogP contribution in [0.1, 0.15) is 15.9 Å². The van der Waals surface area contributed by atoms with Crippen molar-refractivity contribution in [1.29, 1.82) is 0 Å². The number of amides is 1. The molecule has 33 heavy (non-hydrogen) atoms. The number of nitrogens with one attached hydrogen (secondary N) is 1. The van der Waals surface area contributed by atoms with Crippen LogP contribution in [0, 0.1) is 6.92 Å². The van der Waals surface area contributed by atoms with Gasteiger partial charge in [-0.2, -0.15) is 0 Å². The van der Waals surface area contributed by atoms with Crippen LogP contribution in [0.25, 0.3) is 34.0 Å². The first-order chi connectivity index (χ1) is 16.2. The van der Waals surface area contributed by atoms with E-state index in [1.807, 2.05) is 97.9 Å². The summed E-state index contributed by atoms with van der Waals surface area (Å²) in [5.41, 5.74) is 6.07. The SMILES string of the molecule is Cc1cccc(-c2nnc(-c3ccc(C(=O)Nc4ccccc4-c4ccccc4)cc3)o2)c1. The Labute approximate surface area is 191 Å². The van der Waals surface area contributed by atoms with Crippen LogP contribution in [-0.2, 0) is 0 Å². The van der Waals surface area contributed by atoms with Gasteiger partial charge in [0.05, 0.1) is 0 Å². The molecule has 0 aliphatic carbocycles. The number of carbonyl (C=O) groups excluding carboxylic acids is 1. The predicted molar refractivity (Wildman–Crippen MR) is 130 cm³/mol. The lowest BCUT2D eigenvalue weighted by Crippen LogP contribution is -2.12. The molecule has 1 amide bonds. The van der Waals surface area contributed by atoms with E-state index in [1.165, 1.54) is 0 Å². The van der Waals surface area contributed by atoms with Crippen LogP contribution in [0.2, 0.25) is 0 Å². The molecule has 1 heterocycles. The monoisotopic (exact) mass is 431 g/mol. The number of anilines is 1. The largest absolute Gasteiger partial charge is 0.416 e. The standard InChI is InChI=1S/C28H21N3O2/c1-19-8-7-11-23(18-19)28-31-30-27(33-28)22-16-14-21(15-17-22)26(32)29-25-13-6-5-12-24(25)20-9-3-2-4-10-20/h2-18H,1H3,(H,29,32). The number of aromatic nitrogens is 2. The van der Waals surface area contributed by atoms with Crippen LogP contribution in [0.5, 0.6) is 0 Å². The molecule has 0 saturated carbocycles. The molecular formula is C28H21N3O2. The molecule has 0 unspecified atom stereocenters. The summed E-state index contributed by atoms with van der Waals surface area (Å²) in [6, 6.07) is 32.8. The number of benzene rings is 4. The molecule has 0 saturated heterocycles. The number of hydrogen-bond donors (Lipinski definition) is 1. The molecule has 1 N–H and O–H groups in total. The van der Waals surface area contributed by atoms with E-state index in [1.54, 1.807) is 12.1 Å². The summed E-state index contributed by atoms with van der Waals surface area (Å²) in [6.07, 6.45) is 0. The van der Waals surface area contributed by atoms with Gasteiger partial charge in [-0.1, -0.05) is 66.2 Å². The highest BCUT2D eigenvalue weighted by Crippen LogP contribution is 2.28. The molecule has 0 aliphatic heterocycles. The van der Waals surface area contributed by atoms with Gasteiger partial charge in [-0.25, -0.2) is 0 Å². The first-order valence-corrected chi connectivity index (χ1v) is 10.6. The van der Waals surface area contributed by atoms with E-state index in [0.717, 1.165) is 33.5 Å². The van der Waals surface area contributed by atoms with Crippen LogP contribution in [0.4, 0.5) is 5.69 Å². The Kier molecular flexibility index (Phi) is 5.52. The van der Waals surface area contributed by atoms with E-state index in [2.05, 4.69) is 15.5 Å². The van der Waals surface area contributed by atoms with Gasteiger partial charge in [-0.3, -0.25) is 4.79 Å². The molecule has 5 rings (SSSR count). The van der Waals surface area contributed by atoms with Crippen molar-refractivity contribution in [2.45, 2.75) is 6.92 Å². The fourth-order valence-electron chi connectivity index (χ4n) is 3.65. The second-order valence-corrected chi connectivity index (χ2v) is 7.72. The summed E-state index contributed by atoms with van der Waals surface area (Å²) in [6.45, 7) is 2.02. The smallest absolute Gasteiger partial charge is 0.255 e. The van der Waals surface area contributed by atoms with Gasteiger partial charge in [0.2, 0.25) is 11.8 Å². The molecule has 0 spiro atoms. The highest BCUT2D eigenvalue weighted by atomic mass is 16.4. The maximum absolute atomic E-state index is 12.9. The molecule has 0 radical (unpaired) electrons. The molecule has 0 aliphatic rings. The highest BCUT2D eigenvalue weighted by Gasteiger charge is 2.13. The Morgan fingerprint density at radius 2 is 1.36 bits per heavy atom. The molecule has 5 nitrogen and oxygen atoms in total. The lowest BCUT2D eigenvalue weighted by Gasteiger charge is -2.11. The minimum absolute atomic E-state index is 0.184. The van der Waals surface area contributed by atoms with Crippen molar-refractivity contribution >= 4 is 11.6 Å². The zero-order valence-electron chi connectivity index (χ0n) is 18.0. The Hall–Kier alpha value is -4.51. The summed E-state index contributed by atoms with van der Waals surface area (Å²) in [7, 11) is 0. The summed E-state index contributed by atoms with van der Waals surface area (Å²) >= 11 is 0. The van der Waals surface area contributed by atoms with Crippen LogP contribution in [-0.4, -0.2) is 16.1 Å². The zero-order chi connectivity index (χ0) is 22.6. The van der Waals surface area contributed by atoms with Crippen LogP contribution >= 0.6 is 0 Å². The fraction of sp³-hybridized carbons (Fsp3) is 0.0357. The lowest BCUT2D eigenvalue weighted by atomic mass is 10.0. The van der Waals surface area contributed by atoms with E-state index in [-0.39, 0.29) is 5.91 Å². The van der Waals surface area contributed by atoms with E-state index >= 15 is 0 Å².